The van der Waals surface area contributed by atoms with Crippen LogP contribution in [0.2, 0.25) is 5.02 Å². The molecule has 5 nitrogen and oxygen atoms in total. The van der Waals surface area contributed by atoms with Crippen LogP contribution in [0.5, 0.6) is 5.75 Å². The van der Waals surface area contributed by atoms with Crippen LogP contribution in [0.15, 0.2) is 47.8 Å². The van der Waals surface area contributed by atoms with Crippen molar-refractivity contribution in [1.82, 2.24) is 9.97 Å². The van der Waals surface area contributed by atoms with E-state index in [9.17, 15) is 9.90 Å². The molecule has 3 aromatic heterocycles. The van der Waals surface area contributed by atoms with Crippen molar-refractivity contribution in [2.24, 2.45) is 10.8 Å². The lowest BCUT2D eigenvalue weighted by Gasteiger charge is -2.23. The molecule has 0 aliphatic heterocycles. The van der Waals surface area contributed by atoms with Crippen molar-refractivity contribution in [2.75, 3.05) is 0 Å². The number of nitrogens with zero attached hydrogens (tertiary/aromatic N) is 1. The summed E-state index contributed by atoms with van der Waals surface area (Å²) < 4.78 is 7.68. The van der Waals surface area contributed by atoms with E-state index in [-0.39, 0.29) is 5.41 Å². The molecule has 0 atom stereocenters. The van der Waals surface area contributed by atoms with Crippen molar-refractivity contribution in [1.29, 1.82) is 0 Å². The number of halogens is 1. The zero-order valence-electron chi connectivity index (χ0n) is 22.9. The van der Waals surface area contributed by atoms with Crippen molar-refractivity contribution >= 4 is 60.7 Å². The van der Waals surface area contributed by atoms with E-state index in [0.29, 0.717) is 24.5 Å². The molecule has 0 aliphatic rings. The van der Waals surface area contributed by atoms with Crippen molar-refractivity contribution in [3.63, 3.8) is 0 Å². The van der Waals surface area contributed by atoms with Gasteiger partial charge in [0.1, 0.15) is 21.4 Å². The van der Waals surface area contributed by atoms with Gasteiger partial charge in [-0.2, -0.15) is 0 Å². The van der Waals surface area contributed by atoms with Crippen molar-refractivity contribution < 1.29 is 14.6 Å². The van der Waals surface area contributed by atoms with Crippen molar-refractivity contribution in [2.45, 2.75) is 60.5 Å². The fraction of sp³-hybridized carbons (Fsp3) is 0.355. The Morgan fingerprint density at radius 2 is 1.77 bits per heavy atom. The van der Waals surface area contributed by atoms with Gasteiger partial charge in [0.05, 0.1) is 10.9 Å². The van der Waals surface area contributed by atoms with Gasteiger partial charge in [-0.1, -0.05) is 44.5 Å². The van der Waals surface area contributed by atoms with Gasteiger partial charge < -0.3 is 14.8 Å². The number of hydrogen-bond acceptors (Lipinski definition) is 5. The summed E-state index contributed by atoms with van der Waals surface area (Å²) in [5, 5.41) is 14.7. The number of thiophene rings is 1. The average molecular weight is 581 g/mol. The maximum atomic E-state index is 12.0. The third kappa shape index (κ3) is 6.16. The van der Waals surface area contributed by atoms with E-state index in [1.807, 2.05) is 36.4 Å². The standard InChI is InChI=1S/C31H33ClN2O3S2/c1-30(2,3)15-21-24(16-31(4,5)29(35)36)33-22-10-11-25(37-17-26-34-23-12-13-38-28(23)39-26)20(27(21)22)14-18-6-8-19(32)9-7-18/h6-13,33H,14-17H2,1-5H3,(H,35,36). The highest BCUT2D eigenvalue weighted by Crippen LogP contribution is 2.39. The molecule has 0 saturated heterocycles. The molecule has 0 fully saturated rings. The van der Waals surface area contributed by atoms with E-state index in [0.717, 1.165) is 56.0 Å². The van der Waals surface area contributed by atoms with Gasteiger partial charge in [-0.15, -0.1) is 22.7 Å². The first kappa shape index (κ1) is 27.7. The first-order chi connectivity index (χ1) is 18.4. The van der Waals surface area contributed by atoms with Gasteiger partial charge in [-0.05, 0) is 72.5 Å². The Morgan fingerprint density at radius 3 is 2.44 bits per heavy atom. The van der Waals surface area contributed by atoms with Crippen LogP contribution in [0.4, 0.5) is 0 Å². The van der Waals surface area contributed by atoms with Crippen LogP contribution >= 0.6 is 34.3 Å². The summed E-state index contributed by atoms with van der Waals surface area (Å²) in [5.74, 6) is 0.00540. The van der Waals surface area contributed by atoms with Crippen LogP contribution in [0, 0.1) is 10.8 Å². The second kappa shape index (κ2) is 10.6. The van der Waals surface area contributed by atoms with Crippen LogP contribution in [-0.2, 0) is 30.7 Å². The zero-order chi connectivity index (χ0) is 27.9. The fourth-order valence-electron chi connectivity index (χ4n) is 4.89. The molecule has 39 heavy (non-hydrogen) atoms. The maximum Gasteiger partial charge on any atom is 0.309 e. The highest BCUT2D eigenvalue weighted by atomic mass is 35.5. The molecule has 204 valence electrons. The number of ether oxygens (including phenoxy) is 1. The molecule has 8 heteroatoms. The van der Waals surface area contributed by atoms with Crippen LogP contribution in [0.1, 0.15) is 62.0 Å². The zero-order valence-corrected chi connectivity index (χ0v) is 25.2. The summed E-state index contributed by atoms with van der Waals surface area (Å²) >= 11 is 9.55. The average Bonchev–Trinajstić information content (AvgIpc) is 3.53. The second-order valence-corrected chi connectivity index (χ2v) is 14.6. The topological polar surface area (TPSA) is 75.2 Å². The summed E-state index contributed by atoms with van der Waals surface area (Å²) in [4.78, 5) is 20.4. The Morgan fingerprint density at radius 1 is 1.03 bits per heavy atom. The molecule has 5 aromatic rings. The van der Waals surface area contributed by atoms with Gasteiger partial charge in [0, 0.05) is 40.0 Å². The monoisotopic (exact) mass is 580 g/mol. The van der Waals surface area contributed by atoms with E-state index >= 15 is 0 Å². The number of carbonyl (C=O) groups is 1. The smallest absolute Gasteiger partial charge is 0.309 e. The van der Waals surface area contributed by atoms with Gasteiger partial charge in [0.15, 0.2) is 0 Å². The first-order valence-electron chi connectivity index (χ1n) is 13.0. The third-order valence-electron chi connectivity index (χ3n) is 6.84. The lowest BCUT2D eigenvalue weighted by atomic mass is 9.81. The van der Waals surface area contributed by atoms with E-state index in [1.165, 1.54) is 4.01 Å². The SMILES string of the molecule is CC(C)(C)Cc1c(CC(C)(C)C(=O)O)[nH]c2ccc(OCc3nc4ccsc4s3)c(Cc3ccc(Cl)cc3)c12. The minimum Gasteiger partial charge on any atom is -0.486 e. The lowest BCUT2D eigenvalue weighted by molar-refractivity contribution is -0.146. The Balaban J connectivity index is 1.63. The summed E-state index contributed by atoms with van der Waals surface area (Å²) in [7, 11) is 0. The molecule has 0 amide bonds. The lowest BCUT2D eigenvalue weighted by Crippen LogP contribution is -2.27. The van der Waals surface area contributed by atoms with Crippen LogP contribution in [0.25, 0.3) is 20.4 Å². The summed E-state index contributed by atoms with van der Waals surface area (Å²) in [6.07, 6.45) is 1.88. The number of aromatic amines is 1. The summed E-state index contributed by atoms with van der Waals surface area (Å²) in [5.41, 5.74) is 5.46. The Hall–Kier alpha value is -2.87. The van der Waals surface area contributed by atoms with Crippen molar-refractivity contribution in [3.05, 3.63) is 80.3 Å². The number of aliphatic carboxylic acids is 1. The number of carboxylic acids is 1. The quantitative estimate of drug-likeness (QED) is 0.182. The van der Waals surface area contributed by atoms with Crippen LogP contribution in [-0.4, -0.2) is 21.0 Å². The molecular weight excluding hydrogens is 548 g/mol. The van der Waals surface area contributed by atoms with E-state index in [1.54, 1.807) is 36.5 Å². The molecule has 0 unspecified atom stereocenters. The molecule has 3 heterocycles. The normalized spacial score (nSPS) is 12.5. The number of rotatable bonds is 9. The highest BCUT2D eigenvalue weighted by Gasteiger charge is 2.31. The number of thiazole rings is 1. The molecule has 5 rings (SSSR count). The molecule has 0 bridgehead atoms. The fourth-order valence-corrected chi connectivity index (χ4v) is 6.91. The number of fused-ring (bicyclic) bond motifs is 2. The van der Waals surface area contributed by atoms with Crippen molar-refractivity contribution in [3.8, 4) is 5.75 Å². The third-order valence-corrected chi connectivity index (χ3v) is 9.16. The Bertz CT molecular complexity index is 1610. The molecular formula is C31H33ClN2O3S2. The number of hydrogen-bond donors (Lipinski definition) is 2. The minimum absolute atomic E-state index is 0.00171. The Labute approximate surface area is 241 Å². The largest absolute Gasteiger partial charge is 0.486 e. The van der Waals surface area contributed by atoms with Gasteiger partial charge in [-0.3, -0.25) is 4.79 Å². The molecule has 0 saturated carbocycles. The second-order valence-electron chi connectivity index (χ2n) is 11.9. The van der Waals surface area contributed by atoms with E-state index in [4.69, 9.17) is 21.3 Å². The summed E-state index contributed by atoms with van der Waals surface area (Å²) in [6.45, 7) is 10.6. The molecule has 0 aliphatic carbocycles. The van der Waals surface area contributed by atoms with E-state index < -0.39 is 11.4 Å². The molecule has 2 aromatic carbocycles. The van der Waals surface area contributed by atoms with Gasteiger partial charge >= 0.3 is 5.97 Å². The minimum atomic E-state index is -0.902. The maximum absolute atomic E-state index is 12.0. The van der Waals surface area contributed by atoms with Crippen LogP contribution in [0.3, 0.4) is 0 Å². The van der Waals surface area contributed by atoms with Gasteiger partial charge in [0.25, 0.3) is 0 Å². The Kier molecular flexibility index (Phi) is 7.53. The number of benzene rings is 2. The highest BCUT2D eigenvalue weighted by molar-refractivity contribution is 7.37. The molecule has 0 radical (unpaired) electrons. The van der Waals surface area contributed by atoms with Gasteiger partial charge in [-0.25, -0.2) is 4.98 Å². The predicted octanol–water partition coefficient (Wildman–Crippen LogP) is 8.90. The predicted molar refractivity (Wildman–Crippen MR) is 163 cm³/mol. The van der Waals surface area contributed by atoms with Crippen LogP contribution < -0.4 is 4.74 Å². The van der Waals surface area contributed by atoms with Gasteiger partial charge in [0.2, 0.25) is 0 Å². The first-order valence-corrected chi connectivity index (χ1v) is 15.1. The van der Waals surface area contributed by atoms with E-state index in [2.05, 4.69) is 37.2 Å². The summed E-state index contributed by atoms with van der Waals surface area (Å²) in [6, 6.07) is 14.0. The number of carboxylic acid groups (broad SMARTS) is 1. The molecule has 0 spiro atoms. The molecule has 2 N–H and O–H groups in total. The number of nitrogens with one attached hydrogen (secondary N) is 1. The number of aromatic nitrogens is 2. The number of H-pyrrole nitrogens is 1.